The van der Waals surface area contributed by atoms with Crippen LogP contribution in [0.1, 0.15) is 16.8 Å². The van der Waals surface area contributed by atoms with Crippen molar-refractivity contribution in [2.75, 3.05) is 19.4 Å². The Morgan fingerprint density at radius 3 is 3.05 bits per heavy atom. The number of hydrogen-bond acceptors (Lipinski definition) is 4. The molecule has 0 saturated carbocycles. The molecule has 6 heteroatoms. The average Bonchev–Trinajstić information content (AvgIpc) is 2.96. The van der Waals surface area contributed by atoms with Crippen LogP contribution in [0.25, 0.3) is 0 Å². The van der Waals surface area contributed by atoms with Gasteiger partial charge in [-0.1, -0.05) is 0 Å². The number of aryl methyl sites for hydroxylation is 1. The van der Waals surface area contributed by atoms with E-state index in [9.17, 15) is 4.79 Å². The molecular weight excluding hydrogens is 256 g/mol. The van der Waals surface area contributed by atoms with Crippen molar-refractivity contribution in [3.8, 4) is 5.75 Å². The Balaban J connectivity index is 1.87. The maximum absolute atomic E-state index is 12.1. The number of anilines is 1. The highest BCUT2D eigenvalue weighted by Gasteiger charge is 2.11. The van der Waals surface area contributed by atoms with E-state index in [-0.39, 0.29) is 5.91 Å². The van der Waals surface area contributed by atoms with Crippen molar-refractivity contribution >= 4 is 11.6 Å². The number of nitrogens with one attached hydrogen (secondary N) is 1. The van der Waals surface area contributed by atoms with Crippen LogP contribution in [0.5, 0.6) is 5.75 Å². The third-order valence-corrected chi connectivity index (χ3v) is 2.91. The van der Waals surface area contributed by atoms with Crippen LogP contribution in [0.3, 0.4) is 0 Å². The van der Waals surface area contributed by atoms with Gasteiger partial charge in [-0.3, -0.25) is 4.79 Å². The van der Waals surface area contributed by atoms with E-state index in [1.165, 1.54) is 7.11 Å². The number of nitrogens with zero attached hydrogens (tertiary/aromatic N) is 2. The number of benzene rings is 1. The minimum absolute atomic E-state index is 0.181. The fourth-order valence-corrected chi connectivity index (χ4v) is 1.88. The molecule has 1 amide bonds. The molecule has 3 N–H and O–H groups in total. The van der Waals surface area contributed by atoms with Gasteiger partial charge in [0.15, 0.2) is 0 Å². The summed E-state index contributed by atoms with van der Waals surface area (Å²) in [6, 6.07) is 5.01. The molecule has 0 aliphatic carbocycles. The first-order valence-electron chi connectivity index (χ1n) is 6.38. The van der Waals surface area contributed by atoms with E-state index in [4.69, 9.17) is 10.5 Å². The molecular formula is C14H18N4O2. The quantitative estimate of drug-likeness (QED) is 0.614. The summed E-state index contributed by atoms with van der Waals surface area (Å²) in [5, 5.41) is 2.86. The molecule has 0 atom stereocenters. The molecule has 2 rings (SSSR count). The average molecular weight is 274 g/mol. The summed E-state index contributed by atoms with van der Waals surface area (Å²) in [4.78, 5) is 16.0. The number of carbonyl (C=O) groups is 1. The molecule has 1 aromatic heterocycles. The number of hydrogen-bond donors (Lipinski definition) is 2. The molecule has 106 valence electrons. The SMILES string of the molecule is COc1ccc(N)cc1C(=O)NCCCn1ccnc1. The van der Waals surface area contributed by atoms with Gasteiger partial charge in [0.2, 0.25) is 0 Å². The summed E-state index contributed by atoms with van der Waals surface area (Å²) in [5.74, 6) is 0.339. The highest BCUT2D eigenvalue weighted by molar-refractivity contribution is 5.97. The summed E-state index contributed by atoms with van der Waals surface area (Å²) in [5.41, 5.74) is 6.68. The lowest BCUT2D eigenvalue weighted by Gasteiger charge is -2.10. The fraction of sp³-hybridized carbons (Fsp3) is 0.286. The zero-order valence-corrected chi connectivity index (χ0v) is 11.4. The first kappa shape index (κ1) is 13.9. The van der Waals surface area contributed by atoms with E-state index in [2.05, 4.69) is 10.3 Å². The maximum Gasteiger partial charge on any atom is 0.255 e. The van der Waals surface area contributed by atoms with Gasteiger partial charge in [0.25, 0.3) is 5.91 Å². The Kier molecular flexibility index (Phi) is 4.60. The monoisotopic (exact) mass is 274 g/mol. The molecule has 2 aromatic rings. The van der Waals surface area contributed by atoms with Gasteiger partial charge in [-0.2, -0.15) is 0 Å². The summed E-state index contributed by atoms with van der Waals surface area (Å²) < 4.78 is 7.12. The van der Waals surface area contributed by atoms with Gasteiger partial charge >= 0.3 is 0 Å². The second-order valence-electron chi connectivity index (χ2n) is 4.37. The molecule has 0 spiro atoms. The summed E-state index contributed by atoms with van der Waals surface area (Å²) in [6.07, 6.45) is 6.20. The van der Waals surface area contributed by atoms with Gasteiger partial charge in [-0.25, -0.2) is 4.98 Å². The van der Waals surface area contributed by atoms with Crippen LogP contribution in [0.4, 0.5) is 5.69 Å². The largest absolute Gasteiger partial charge is 0.496 e. The number of carbonyl (C=O) groups excluding carboxylic acids is 1. The molecule has 0 unspecified atom stereocenters. The minimum Gasteiger partial charge on any atom is -0.496 e. The van der Waals surface area contributed by atoms with Crippen LogP contribution >= 0.6 is 0 Å². The molecule has 0 fully saturated rings. The third-order valence-electron chi connectivity index (χ3n) is 2.91. The second-order valence-corrected chi connectivity index (χ2v) is 4.37. The predicted octanol–water partition coefficient (Wildman–Crippen LogP) is 1.29. The normalized spacial score (nSPS) is 10.2. The van der Waals surface area contributed by atoms with Crippen molar-refractivity contribution in [1.82, 2.24) is 14.9 Å². The number of rotatable bonds is 6. The number of nitrogen functional groups attached to an aromatic ring is 1. The van der Waals surface area contributed by atoms with Crippen molar-refractivity contribution in [3.05, 3.63) is 42.5 Å². The van der Waals surface area contributed by atoms with E-state index in [0.717, 1.165) is 13.0 Å². The Bertz CT molecular complexity index is 567. The van der Waals surface area contributed by atoms with Gasteiger partial charge in [-0.15, -0.1) is 0 Å². The van der Waals surface area contributed by atoms with Gasteiger partial charge in [-0.05, 0) is 24.6 Å². The van der Waals surface area contributed by atoms with Gasteiger partial charge in [0, 0.05) is 31.2 Å². The van der Waals surface area contributed by atoms with Crippen LogP contribution in [-0.2, 0) is 6.54 Å². The Morgan fingerprint density at radius 1 is 1.50 bits per heavy atom. The van der Waals surface area contributed by atoms with Crippen molar-refractivity contribution in [1.29, 1.82) is 0 Å². The molecule has 0 bridgehead atoms. The molecule has 0 radical (unpaired) electrons. The summed E-state index contributed by atoms with van der Waals surface area (Å²) >= 11 is 0. The lowest BCUT2D eigenvalue weighted by atomic mass is 10.1. The highest BCUT2D eigenvalue weighted by Crippen LogP contribution is 2.20. The minimum atomic E-state index is -0.181. The van der Waals surface area contributed by atoms with Gasteiger partial charge < -0.3 is 20.4 Å². The Morgan fingerprint density at radius 2 is 2.35 bits per heavy atom. The first-order chi connectivity index (χ1) is 9.70. The van der Waals surface area contributed by atoms with Gasteiger partial charge in [0.1, 0.15) is 5.75 Å². The molecule has 1 aromatic carbocycles. The van der Waals surface area contributed by atoms with Crippen molar-refractivity contribution < 1.29 is 9.53 Å². The Hall–Kier alpha value is -2.50. The van der Waals surface area contributed by atoms with E-state index >= 15 is 0 Å². The zero-order valence-electron chi connectivity index (χ0n) is 11.4. The van der Waals surface area contributed by atoms with Gasteiger partial charge in [0.05, 0.1) is 19.0 Å². The molecule has 20 heavy (non-hydrogen) atoms. The van der Waals surface area contributed by atoms with Crippen molar-refractivity contribution in [2.24, 2.45) is 0 Å². The number of aromatic nitrogens is 2. The second kappa shape index (κ2) is 6.60. The molecule has 6 nitrogen and oxygen atoms in total. The number of amides is 1. The van der Waals surface area contributed by atoms with E-state index in [0.29, 0.717) is 23.5 Å². The van der Waals surface area contributed by atoms with Crippen molar-refractivity contribution in [3.63, 3.8) is 0 Å². The number of nitrogens with two attached hydrogens (primary N) is 1. The number of imidazole rings is 1. The third kappa shape index (κ3) is 3.50. The molecule has 0 aliphatic rings. The highest BCUT2D eigenvalue weighted by atomic mass is 16.5. The van der Waals surface area contributed by atoms with Crippen molar-refractivity contribution in [2.45, 2.75) is 13.0 Å². The summed E-state index contributed by atoms with van der Waals surface area (Å²) in [6.45, 7) is 1.39. The number of methoxy groups -OCH3 is 1. The zero-order chi connectivity index (χ0) is 14.4. The lowest BCUT2D eigenvalue weighted by molar-refractivity contribution is 0.0949. The fourth-order valence-electron chi connectivity index (χ4n) is 1.88. The molecule has 0 aliphatic heterocycles. The Labute approximate surface area is 117 Å². The topological polar surface area (TPSA) is 82.2 Å². The van der Waals surface area contributed by atoms with E-state index < -0.39 is 0 Å². The summed E-state index contributed by atoms with van der Waals surface area (Å²) in [7, 11) is 1.53. The smallest absolute Gasteiger partial charge is 0.255 e. The lowest BCUT2D eigenvalue weighted by Crippen LogP contribution is -2.25. The van der Waals surface area contributed by atoms with E-state index in [1.807, 2.05) is 10.8 Å². The molecule has 0 saturated heterocycles. The first-order valence-corrected chi connectivity index (χ1v) is 6.38. The maximum atomic E-state index is 12.1. The standard InChI is InChI=1S/C14H18N4O2/c1-20-13-4-3-11(15)9-12(13)14(19)17-5-2-7-18-8-6-16-10-18/h3-4,6,8-10H,2,5,7,15H2,1H3,(H,17,19). The van der Waals surface area contributed by atoms with E-state index in [1.54, 1.807) is 30.7 Å². The van der Waals surface area contributed by atoms with Crippen LogP contribution in [0.15, 0.2) is 36.9 Å². The molecule has 1 heterocycles. The van der Waals surface area contributed by atoms with Crippen LogP contribution in [-0.4, -0.2) is 29.1 Å². The van der Waals surface area contributed by atoms with Crippen LogP contribution in [0, 0.1) is 0 Å². The number of ether oxygens (including phenoxy) is 1. The van der Waals surface area contributed by atoms with Crippen LogP contribution in [0.2, 0.25) is 0 Å². The van der Waals surface area contributed by atoms with Crippen LogP contribution < -0.4 is 15.8 Å². The predicted molar refractivity (Wildman–Crippen MR) is 76.6 cm³/mol.